The van der Waals surface area contributed by atoms with E-state index < -0.39 is 5.54 Å². The molecule has 0 spiro atoms. The Balaban J connectivity index is 1.68. The van der Waals surface area contributed by atoms with Crippen molar-refractivity contribution in [1.82, 2.24) is 14.8 Å². The number of ether oxygens (including phenoxy) is 1. The molecule has 0 radical (unpaired) electrons. The van der Waals surface area contributed by atoms with E-state index in [-0.39, 0.29) is 5.91 Å². The average Bonchev–Trinajstić information content (AvgIpc) is 3.34. The van der Waals surface area contributed by atoms with Gasteiger partial charge in [-0.1, -0.05) is 18.2 Å². The molecule has 0 aliphatic carbocycles. The summed E-state index contributed by atoms with van der Waals surface area (Å²) in [6.45, 7) is 6.40. The van der Waals surface area contributed by atoms with E-state index in [4.69, 9.17) is 9.72 Å². The number of aryl methyl sites for hydroxylation is 1. The third-order valence-electron chi connectivity index (χ3n) is 5.32. The molecule has 1 aliphatic heterocycles. The molecule has 0 atom stereocenters. The van der Waals surface area contributed by atoms with Gasteiger partial charge in [-0.15, -0.1) is 0 Å². The minimum absolute atomic E-state index is 0.0935. The maximum absolute atomic E-state index is 13.1. The van der Waals surface area contributed by atoms with Crippen molar-refractivity contribution < 1.29 is 9.53 Å². The number of nitrogens with zero attached hydrogens (tertiary/aromatic N) is 5. The first kappa shape index (κ1) is 19.8. The average molecular weight is 401 g/mol. The summed E-state index contributed by atoms with van der Waals surface area (Å²) >= 11 is 0. The van der Waals surface area contributed by atoms with Crippen molar-refractivity contribution in [3.63, 3.8) is 0 Å². The van der Waals surface area contributed by atoms with Crippen LogP contribution in [0.15, 0.2) is 42.7 Å². The first-order valence-electron chi connectivity index (χ1n) is 9.71. The van der Waals surface area contributed by atoms with Gasteiger partial charge in [0.2, 0.25) is 0 Å². The second kappa shape index (κ2) is 7.39. The van der Waals surface area contributed by atoms with Crippen LogP contribution < -0.4 is 4.90 Å². The van der Waals surface area contributed by atoms with E-state index in [2.05, 4.69) is 17.2 Å². The molecule has 1 aromatic carbocycles. The predicted octanol–water partition coefficient (Wildman–Crippen LogP) is 3.82. The largest absolute Gasteiger partial charge is 0.380 e. The quantitative estimate of drug-likeness (QED) is 0.649. The number of hydrogen-bond donors (Lipinski definition) is 0. The zero-order valence-electron chi connectivity index (χ0n) is 17.5. The van der Waals surface area contributed by atoms with Gasteiger partial charge in [-0.25, -0.2) is 0 Å². The first-order chi connectivity index (χ1) is 14.3. The minimum Gasteiger partial charge on any atom is -0.380 e. The molecule has 7 nitrogen and oxygen atoms in total. The summed E-state index contributed by atoms with van der Waals surface area (Å²) < 4.78 is 6.80. The lowest BCUT2D eigenvalue weighted by Crippen LogP contribution is -2.25. The fraction of sp³-hybridized carbons (Fsp3) is 0.304. The number of nitriles is 1. The van der Waals surface area contributed by atoms with Crippen LogP contribution in [0.3, 0.4) is 0 Å². The zero-order valence-corrected chi connectivity index (χ0v) is 17.5. The lowest BCUT2D eigenvalue weighted by molar-refractivity contribution is 0.0996. The number of methoxy groups -OCH3 is 1. The number of fused-ring (bicyclic) bond motifs is 1. The Labute approximate surface area is 175 Å². The van der Waals surface area contributed by atoms with Crippen LogP contribution in [-0.2, 0) is 23.4 Å². The summed E-state index contributed by atoms with van der Waals surface area (Å²) in [5, 5.41) is 13.6. The summed E-state index contributed by atoms with van der Waals surface area (Å²) in [5.74, 6) is -0.0935. The molecule has 3 aromatic rings. The third kappa shape index (κ3) is 3.36. The Bertz CT molecular complexity index is 1170. The molecule has 1 aliphatic rings. The molecule has 7 heteroatoms. The number of rotatable bonds is 5. The lowest BCUT2D eigenvalue weighted by atomic mass is 10.0. The van der Waals surface area contributed by atoms with Crippen molar-refractivity contribution in [2.45, 2.75) is 39.5 Å². The van der Waals surface area contributed by atoms with Crippen molar-refractivity contribution in [2.24, 2.45) is 0 Å². The molecular weight excluding hydrogens is 378 g/mol. The molecule has 0 saturated heterocycles. The van der Waals surface area contributed by atoms with Crippen LogP contribution in [0.2, 0.25) is 0 Å². The van der Waals surface area contributed by atoms with E-state index in [1.807, 2.05) is 31.2 Å². The molecule has 3 heterocycles. The van der Waals surface area contributed by atoms with Gasteiger partial charge in [-0.3, -0.25) is 19.4 Å². The number of anilines is 1. The summed E-state index contributed by atoms with van der Waals surface area (Å²) in [7, 11) is 1.67. The van der Waals surface area contributed by atoms with E-state index in [1.54, 1.807) is 42.9 Å². The highest BCUT2D eigenvalue weighted by Gasteiger charge is 2.33. The summed E-state index contributed by atoms with van der Waals surface area (Å²) in [6, 6.07) is 12.2. The van der Waals surface area contributed by atoms with E-state index in [9.17, 15) is 10.1 Å². The Morgan fingerprint density at radius 1 is 1.30 bits per heavy atom. The Morgan fingerprint density at radius 2 is 2.10 bits per heavy atom. The van der Waals surface area contributed by atoms with Gasteiger partial charge in [-0.2, -0.15) is 10.4 Å². The SMILES string of the molecule is COCc1cccc(-c2cc(C)c3c(n2)CN(c2cnn(C(C)(C)C#N)c2)C3=O)c1. The smallest absolute Gasteiger partial charge is 0.260 e. The zero-order chi connectivity index (χ0) is 21.5. The van der Waals surface area contributed by atoms with E-state index in [0.29, 0.717) is 24.4 Å². The molecule has 0 N–H and O–H groups in total. The number of benzene rings is 1. The van der Waals surface area contributed by atoms with Gasteiger partial charge in [0, 0.05) is 12.7 Å². The Hall–Kier alpha value is -3.50. The first-order valence-corrected chi connectivity index (χ1v) is 9.71. The van der Waals surface area contributed by atoms with Crippen molar-refractivity contribution >= 4 is 11.6 Å². The van der Waals surface area contributed by atoms with Crippen LogP contribution in [0.25, 0.3) is 11.3 Å². The second-order valence-corrected chi connectivity index (χ2v) is 7.98. The molecule has 0 fully saturated rings. The maximum atomic E-state index is 13.1. The monoisotopic (exact) mass is 401 g/mol. The molecule has 1 amide bonds. The fourth-order valence-electron chi connectivity index (χ4n) is 3.65. The molecule has 152 valence electrons. The van der Waals surface area contributed by atoms with Gasteiger partial charge >= 0.3 is 0 Å². The Kier molecular flexibility index (Phi) is 4.88. The number of aromatic nitrogens is 3. The lowest BCUT2D eigenvalue weighted by Gasteiger charge is -2.16. The van der Waals surface area contributed by atoms with Crippen LogP contribution in [0, 0.1) is 18.3 Å². The van der Waals surface area contributed by atoms with Gasteiger partial charge in [0.05, 0.1) is 54.3 Å². The number of amides is 1. The van der Waals surface area contributed by atoms with E-state index in [1.165, 1.54) is 0 Å². The topological polar surface area (TPSA) is 84.0 Å². The molecule has 30 heavy (non-hydrogen) atoms. The molecule has 0 bridgehead atoms. The van der Waals surface area contributed by atoms with Gasteiger partial charge in [-0.05, 0) is 44.0 Å². The van der Waals surface area contributed by atoms with Gasteiger partial charge in [0.1, 0.15) is 5.54 Å². The van der Waals surface area contributed by atoms with Gasteiger partial charge in [0.25, 0.3) is 5.91 Å². The number of carbonyl (C=O) groups excluding carboxylic acids is 1. The molecule has 2 aromatic heterocycles. The van der Waals surface area contributed by atoms with Crippen LogP contribution in [0.1, 0.15) is 41.0 Å². The molecule has 4 rings (SSSR count). The third-order valence-corrected chi connectivity index (χ3v) is 5.32. The van der Waals surface area contributed by atoms with Crippen molar-refractivity contribution in [3.05, 3.63) is 65.1 Å². The van der Waals surface area contributed by atoms with Crippen molar-refractivity contribution in [2.75, 3.05) is 12.0 Å². The fourth-order valence-corrected chi connectivity index (χ4v) is 3.65. The van der Waals surface area contributed by atoms with Gasteiger partial charge in [0.15, 0.2) is 0 Å². The minimum atomic E-state index is -0.789. The number of hydrogen-bond acceptors (Lipinski definition) is 5. The van der Waals surface area contributed by atoms with Gasteiger partial charge < -0.3 is 4.74 Å². The second-order valence-electron chi connectivity index (χ2n) is 7.98. The van der Waals surface area contributed by atoms with Crippen molar-refractivity contribution in [3.8, 4) is 17.3 Å². The maximum Gasteiger partial charge on any atom is 0.260 e. The number of carbonyl (C=O) groups is 1. The number of pyridine rings is 1. The van der Waals surface area contributed by atoms with E-state index >= 15 is 0 Å². The standard InChI is InChI=1S/C23H23N5O2/c1-15-8-19(17-7-5-6-16(9-17)13-30-4)26-20-12-27(22(29)21(15)20)18-10-25-28(11-18)23(2,3)14-24/h5-11H,12-13H2,1-4H3. The predicted molar refractivity (Wildman–Crippen MR) is 113 cm³/mol. The van der Waals surface area contributed by atoms with Crippen molar-refractivity contribution in [1.29, 1.82) is 5.26 Å². The normalized spacial score (nSPS) is 13.4. The molecular formula is C23H23N5O2. The Morgan fingerprint density at radius 3 is 2.83 bits per heavy atom. The van der Waals surface area contributed by atoms with E-state index in [0.717, 1.165) is 28.1 Å². The molecule has 0 unspecified atom stereocenters. The highest BCUT2D eigenvalue weighted by atomic mass is 16.5. The van der Waals surface area contributed by atoms with Crippen LogP contribution in [-0.4, -0.2) is 27.8 Å². The highest BCUT2D eigenvalue weighted by molar-refractivity contribution is 6.10. The van der Waals surface area contributed by atoms with Crippen LogP contribution in [0.4, 0.5) is 5.69 Å². The van der Waals surface area contributed by atoms with Crippen LogP contribution >= 0.6 is 0 Å². The summed E-state index contributed by atoms with van der Waals surface area (Å²) in [4.78, 5) is 19.6. The van der Waals surface area contributed by atoms with Crippen LogP contribution in [0.5, 0.6) is 0 Å². The summed E-state index contributed by atoms with van der Waals surface area (Å²) in [6.07, 6.45) is 3.35. The molecule has 0 saturated carbocycles. The highest BCUT2D eigenvalue weighted by Crippen LogP contribution is 2.32. The summed E-state index contributed by atoms with van der Waals surface area (Å²) in [5.41, 5.74) is 5.04.